The first-order chi connectivity index (χ1) is 10.8. The topological polar surface area (TPSA) is 90.7 Å². The number of halogens is 3. The molecule has 2 aromatic heterocycles. The number of benzene rings is 1. The molecular weight excluding hydrogens is 307 g/mol. The van der Waals surface area contributed by atoms with Gasteiger partial charge >= 0.3 is 6.18 Å². The van der Waals surface area contributed by atoms with Gasteiger partial charge in [-0.2, -0.15) is 13.2 Å². The second-order valence-corrected chi connectivity index (χ2v) is 4.99. The van der Waals surface area contributed by atoms with E-state index in [0.717, 1.165) is 6.07 Å². The molecule has 23 heavy (non-hydrogen) atoms. The molecule has 3 aromatic rings. The van der Waals surface area contributed by atoms with Crippen molar-refractivity contribution in [3.05, 3.63) is 53.3 Å². The monoisotopic (exact) mass is 319 g/mol. The van der Waals surface area contributed by atoms with Crippen LogP contribution in [0.1, 0.15) is 16.8 Å². The van der Waals surface area contributed by atoms with Crippen molar-refractivity contribution in [3.8, 4) is 0 Å². The number of fused-ring (bicyclic) bond motifs is 1. The van der Waals surface area contributed by atoms with Crippen molar-refractivity contribution in [1.82, 2.24) is 15.0 Å². The van der Waals surface area contributed by atoms with Crippen LogP contribution in [0.5, 0.6) is 0 Å². The number of nitrogen functional groups attached to an aromatic ring is 2. The first-order valence-corrected chi connectivity index (χ1v) is 6.67. The number of aromatic nitrogens is 3. The molecule has 118 valence electrons. The number of hydrogen-bond acceptors (Lipinski definition) is 5. The summed E-state index contributed by atoms with van der Waals surface area (Å²) in [5.74, 6) is 0.222. The van der Waals surface area contributed by atoms with Crippen LogP contribution in [0.15, 0.2) is 36.5 Å². The molecule has 0 aliphatic carbocycles. The summed E-state index contributed by atoms with van der Waals surface area (Å²) in [6, 6.07) is 6.86. The molecule has 0 radical (unpaired) electrons. The Morgan fingerprint density at radius 2 is 1.78 bits per heavy atom. The van der Waals surface area contributed by atoms with E-state index in [0.29, 0.717) is 16.6 Å². The molecule has 0 spiro atoms. The lowest BCUT2D eigenvalue weighted by molar-refractivity contribution is -0.138. The van der Waals surface area contributed by atoms with Crippen LogP contribution in [-0.4, -0.2) is 15.0 Å². The Morgan fingerprint density at radius 3 is 2.52 bits per heavy atom. The molecular formula is C15H12F3N5. The molecule has 8 heteroatoms. The fraction of sp³-hybridized carbons (Fsp3) is 0.133. The lowest BCUT2D eigenvalue weighted by Gasteiger charge is -2.13. The summed E-state index contributed by atoms with van der Waals surface area (Å²) >= 11 is 0. The van der Waals surface area contributed by atoms with Crippen LogP contribution in [0, 0.1) is 0 Å². The van der Waals surface area contributed by atoms with E-state index in [1.54, 1.807) is 6.07 Å². The molecule has 0 saturated heterocycles. The molecule has 0 aliphatic rings. The van der Waals surface area contributed by atoms with E-state index in [-0.39, 0.29) is 23.8 Å². The van der Waals surface area contributed by atoms with Crippen LogP contribution >= 0.6 is 0 Å². The predicted molar refractivity (Wildman–Crippen MR) is 80.4 cm³/mol. The van der Waals surface area contributed by atoms with Gasteiger partial charge in [-0.05, 0) is 11.6 Å². The van der Waals surface area contributed by atoms with Gasteiger partial charge in [0.1, 0.15) is 5.82 Å². The van der Waals surface area contributed by atoms with Crippen molar-refractivity contribution >= 4 is 22.7 Å². The maximum absolute atomic E-state index is 13.1. The van der Waals surface area contributed by atoms with E-state index in [9.17, 15) is 13.2 Å². The largest absolute Gasteiger partial charge is 0.416 e. The molecule has 0 unspecified atom stereocenters. The zero-order valence-electron chi connectivity index (χ0n) is 11.8. The standard InChI is InChI=1S/C15H12F3N5/c16-15(17,18)10-4-2-1-3-8(10)5-11-9-7-21-13(19)6-12(9)23-14(20)22-11/h1-4,6-7H,5H2,(H2,19,21)(H2,20,22,23). The van der Waals surface area contributed by atoms with Crippen LogP contribution in [0.25, 0.3) is 10.9 Å². The lowest BCUT2D eigenvalue weighted by atomic mass is 10.0. The van der Waals surface area contributed by atoms with Crippen molar-refractivity contribution in [2.75, 3.05) is 11.5 Å². The van der Waals surface area contributed by atoms with Crippen LogP contribution in [0.2, 0.25) is 0 Å². The molecule has 3 rings (SSSR count). The average molecular weight is 319 g/mol. The summed E-state index contributed by atoms with van der Waals surface area (Å²) in [7, 11) is 0. The van der Waals surface area contributed by atoms with Crippen molar-refractivity contribution in [1.29, 1.82) is 0 Å². The lowest BCUT2D eigenvalue weighted by Crippen LogP contribution is -2.10. The maximum atomic E-state index is 13.1. The number of anilines is 2. The fourth-order valence-electron chi connectivity index (χ4n) is 2.39. The molecule has 0 aliphatic heterocycles. The highest BCUT2D eigenvalue weighted by atomic mass is 19.4. The fourth-order valence-corrected chi connectivity index (χ4v) is 2.39. The Morgan fingerprint density at radius 1 is 1.04 bits per heavy atom. The summed E-state index contributed by atoms with van der Waals surface area (Å²) in [5, 5.41) is 0.519. The number of nitrogens with zero attached hydrogens (tertiary/aromatic N) is 3. The van der Waals surface area contributed by atoms with Crippen molar-refractivity contribution in [3.63, 3.8) is 0 Å². The normalized spacial score (nSPS) is 11.8. The second-order valence-electron chi connectivity index (χ2n) is 4.99. The van der Waals surface area contributed by atoms with Gasteiger partial charge in [0.05, 0.1) is 16.8 Å². The summed E-state index contributed by atoms with van der Waals surface area (Å²) in [6.45, 7) is 0. The quantitative estimate of drug-likeness (QED) is 0.758. The van der Waals surface area contributed by atoms with E-state index in [1.165, 1.54) is 24.4 Å². The van der Waals surface area contributed by atoms with Gasteiger partial charge in [0.25, 0.3) is 0 Å². The van der Waals surface area contributed by atoms with Crippen molar-refractivity contribution in [2.45, 2.75) is 12.6 Å². The first-order valence-electron chi connectivity index (χ1n) is 6.67. The number of nitrogens with two attached hydrogens (primary N) is 2. The molecule has 4 N–H and O–H groups in total. The second kappa shape index (κ2) is 5.38. The number of alkyl halides is 3. The first kappa shape index (κ1) is 15.0. The maximum Gasteiger partial charge on any atom is 0.416 e. The van der Waals surface area contributed by atoms with Gasteiger partial charge in [-0.15, -0.1) is 0 Å². The minimum Gasteiger partial charge on any atom is -0.384 e. The molecule has 0 amide bonds. The number of rotatable bonds is 2. The molecule has 0 bridgehead atoms. The average Bonchev–Trinajstić information content (AvgIpc) is 2.46. The van der Waals surface area contributed by atoms with Crippen LogP contribution < -0.4 is 11.5 Å². The van der Waals surface area contributed by atoms with E-state index >= 15 is 0 Å². The SMILES string of the molecule is Nc1cc2nc(N)nc(Cc3ccccc3C(F)(F)F)c2cn1. The molecule has 0 saturated carbocycles. The summed E-state index contributed by atoms with van der Waals surface area (Å²) < 4.78 is 39.3. The molecule has 0 atom stereocenters. The van der Waals surface area contributed by atoms with E-state index in [1.807, 2.05) is 0 Å². The zero-order chi connectivity index (χ0) is 16.6. The van der Waals surface area contributed by atoms with Gasteiger partial charge in [0, 0.05) is 24.1 Å². The van der Waals surface area contributed by atoms with Gasteiger partial charge in [0.15, 0.2) is 0 Å². The van der Waals surface area contributed by atoms with E-state index in [2.05, 4.69) is 15.0 Å². The van der Waals surface area contributed by atoms with Crippen LogP contribution in [-0.2, 0) is 12.6 Å². The Balaban J connectivity index is 2.13. The molecule has 0 fully saturated rings. The summed E-state index contributed by atoms with van der Waals surface area (Å²) in [6.07, 6.45) is -3.03. The highest BCUT2D eigenvalue weighted by molar-refractivity contribution is 5.83. The summed E-state index contributed by atoms with van der Waals surface area (Å²) in [4.78, 5) is 12.0. The Kier molecular flexibility index (Phi) is 3.51. The van der Waals surface area contributed by atoms with Gasteiger partial charge < -0.3 is 11.5 Å². The van der Waals surface area contributed by atoms with E-state index < -0.39 is 11.7 Å². The Hall–Kier alpha value is -2.90. The third-order valence-electron chi connectivity index (χ3n) is 3.38. The van der Waals surface area contributed by atoms with Crippen LogP contribution in [0.4, 0.5) is 24.9 Å². The third-order valence-corrected chi connectivity index (χ3v) is 3.38. The summed E-state index contributed by atoms with van der Waals surface area (Å²) in [5.41, 5.74) is 11.5. The minimum atomic E-state index is -4.44. The van der Waals surface area contributed by atoms with Gasteiger partial charge in [-0.3, -0.25) is 0 Å². The molecule has 5 nitrogen and oxygen atoms in total. The third kappa shape index (κ3) is 3.01. The Bertz CT molecular complexity index is 871. The predicted octanol–water partition coefficient (Wildman–Crippen LogP) is 2.80. The number of pyridine rings is 1. The van der Waals surface area contributed by atoms with Gasteiger partial charge in [-0.1, -0.05) is 18.2 Å². The molecule has 2 heterocycles. The number of hydrogen-bond donors (Lipinski definition) is 2. The zero-order valence-corrected chi connectivity index (χ0v) is 11.8. The van der Waals surface area contributed by atoms with Gasteiger partial charge in [0.2, 0.25) is 5.95 Å². The molecule has 1 aromatic carbocycles. The highest BCUT2D eigenvalue weighted by Crippen LogP contribution is 2.33. The van der Waals surface area contributed by atoms with E-state index in [4.69, 9.17) is 11.5 Å². The Labute approximate surface area is 129 Å². The smallest absolute Gasteiger partial charge is 0.384 e. The van der Waals surface area contributed by atoms with Crippen molar-refractivity contribution in [2.24, 2.45) is 0 Å². The van der Waals surface area contributed by atoms with Crippen LogP contribution in [0.3, 0.4) is 0 Å². The minimum absolute atomic E-state index is 0.0254. The van der Waals surface area contributed by atoms with Crippen molar-refractivity contribution < 1.29 is 13.2 Å². The van der Waals surface area contributed by atoms with Gasteiger partial charge in [-0.25, -0.2) is 15.0 Å². The highest BCUT2D eigenvalue weighted by Gasteiger charge is 2.33.